The number of aliphatic hydroxyl groups excluding tert-OH is 4. The van der Waals surface area contributed by atoms with Gasteiger partial charge in [0.15, 0.2) is 6.29 Å². The number of carbonyl (C=O) groups excluding carboxylic acids is 1. The van der Waals surface area contributed by atoms with Crippen molar-refractivity contribution in [3.8, 4) is 0 Å². The number of esters is 1. The van der Waals surface area contributed by atoms with Crippen LogP contribution in [0.4, 0.5) is 4.39 Å². The molecule has 6 N–H and O–H groups in total. The molecule has 20 atom stereocenters. The van der Waals surface area contributed by atoms with Gasteiger partial charge in [-0.05, 0) is 117 Å². The van der Waals surface area contributed by atoms with Gasteiger partial charge >= 0.3 is 5.97 Å². The first-order valence-electron chi connectivity index (χ1n) is 27.4. The zero-order valence-electron chi connectivity index (χ0n) is 47.3. The number of aromatic nitrogens is 3. The van der Waals surface area contributed by atoms with Gasteiger partial charge < -0.3 is 69.0 Å². The number of cyclic esters (lactones) is 1. The van der Waals surface area contributed by atoms with E-state index in [0.29, 0.717) is 37.2 Å². The largest absolute Gasteiger partial charge is 0.459 e. The van der Waals surface area contributed by atoms with Gasteiger partial charge in [0.25, 0.3) is 0 Å². The van der Waals surface area contributed by atoms with E-state index in [9.17, 15) is 39.8 Å². The Morgan fingerprint density at radius 2 is 1.67 bits per heavy atom. The van der Waals surface area contributed by atoms with Crippen LogP contribution >= 0.6 is 0 Å². The van der Waals surface area contributed by atoms with Crippen LogP contribution in [0.1, 0.15) is 130 Å². The fraction of sp³-hybridized carbons (Fsp3) is 0.804. The first kappa shape index (κ1) is 61.2. The van der Waals surface area contributed by atoms with Gasteiger partial charge in [0, 0.05) is 70.3 Å². The lowest BCUT2D eigenvalue weighted by Gasteiger charge is -2.51. The zero-order valence-corrected chi connectivity index (χ0v) is 47.3. The summed E-state index contributed by atoms with van der Waals surface area (Å²) in [5, 5.41) is 80.2. The summed E-state index contributed by atoms with van der Waals surface area (Å²) in [7, 11) is 7.34. The number of carbonyl (C=O) groups is 1. The third-order valence-electron chi connectivity index (χ3n) is 17.6. The first-order chi connectivity index (χ1) is 35.2. The molecule has 0 saturated carbocycles. The van der Waals surface area contributed by atoms with Crippen molar-refractivity contribution in [2.24, 2.45) is 23.7 Å². The molecule has 1 aromatic heterocycles. The molecular weight excluding hydrogens is 968 g/mol. The number of benzene rings is 1. The molecule has 18 nitrogen and oxygen atoms in total. The number of ether oxygens (including phenoxy) is 5. The number of aliphatic hydroxyl groups is 6. The van der Waals surface area contributed by atoms with Crippen LogP contribution in [-0.2, 0) is 34.9 Å². The monoisotopic (exact) mass is 1060 g/mol. The molecular formula is C56H93FN6O12. The molecule has 1 unspecified atom stereocenters. The minimum absolute atomic E-state index is 0.170. The van der Waals surface area contributed by atoms with Crippen LogP contribution in [-0.4, -0.2) is 211 Å². The molecule has 4 aliphatic heterocycles. The van der Waals surface area contributed by atoms with Gasteiger partial charge in [-0.1, -0.05) is 63.2 Å². The van der Waals surface area contributed by atoms with E-state index in [1.807, 2.05) is 68.9 Å². The van der Waals surface area contributed by atoms with Gasteiger partial charge in [0.2, 0.25) is 0 Å². The Kier molecular flexibility index (Phi) is 20.7. The van der Waals surface area contributed by atoms with E-state index in [1.54, 1.807) is 47.7 Å². The molecule has 3 saturated heterocycles. The molecule has 19 heteroatoms. The average Bonchev–Trinajstić information content (AvgIpc) is 3.83. The third kappa shape index (κ3) is 13.9. The van der Waals surface area contributed by atoms with Gasteiger partial charge in [-0.25, -0.2) is 9.07 Å². The normalized spacial score (nSPS) is 40.3. The fourth-order valence-electron chi connectivity index (χ4n) is 12.8. The molecule has 4 aliphatic rings. The van der Waals surface area contributed by atoms with Crippen molar-refractivity contribution in [3.63, 3.8) is 0 Å². The Hall–Kier alpha value is -3.02. The molecule has 426 valence electrons. The maximum atomic E-state index is 14.7. The number of hydrogen-bond acceptors (Lipinski definition) is 17. The van der Waals surface area contributed by atoms with Crippen molar-refractivity contribution < 1.29 is 63.5 Å². The summed E-state index contributed by atoms with van der Waals surface area (Å²) in [6.07, 6.45) is -3.70. The molecule has 1 aromatic carbocycles. The van der Waals surface area contributed by atoms with Crippen LogP contribution in [0.3, 0.4) is 0 Å². The summed E-state index contributed by atoms with van der Waals surface area (Å²) >= 11 is 0. The molecule has 0 spiro atoms. The number of nitrogens with zero attached hydrogens (tertiary/aromatic N) is 6. The quantitative estimate of drug-likeness (QED) is 0.145. The standard InChI is InChI=1S/C56H93FN6O12/c1-15-45-56(10,70)49(66)36(6)62(13)29-32(2)26-54(8,69)51(34(4)46(35(5)52(68)74-45)44-27-55(9,71-14)50(67)37(7)73-44)75-53-48(65)42(25-33(3)72-53)61(12)24-22-41-31-63(59-58-41)43(28-57)47(64)39-20-18-38(19-21-39)40-17-16-23-60(11)30-40/h17-21,31-37,42-51,53,64-67,69-70H,15-16,22-30H2,1-14H3/t32-,33-,34+,35-,36-,37+,42+,43-,44-,45-,46?,47-,48-,49-,50+,51-,53+,54-,55-,56-/m1/s1. The van der Waals surface area contributed by atoms with Gasteiger partial charge in [0.1, 0.15) is 48.8 Å². The van der Waals surface area contributed by atoms with Gasteiger partial charge in [-0.2, -0.15) is 0 Å². The highest BCUT2D eigenvalue weighted by molar-refractivity contribution is 5.73. The summed E-state index contributed by atoms with van der Waals surface area (Å²) in [5.41, 5.74) is -1.09. The summed E-state index contributed by atoms with van der Waals surface area (Å²) in [5.74, 6) is -3.27. The van der Waals surface area contributed by atoms with E-state index in [2.05, 4.69) is 28.3 Å². The van der Waals surface area contributed by atoms with E-state index < -0.39 is 127 Å². The summed E-state index contributed by atoms with van der Waals surface area (Å²) in [6, 6.07) is 5.53. The summed E-state index contributed by atoms with van der Waals surface area (Å²) in [4.78, 5) is 20.8. The van der Waals surface area contributed by atoms with Crippen molar-refractivity contribution in [2.75, 3.05) is 61.1 Å². The lowest BCUT2D eigenvalue weighted by Crippen LogP contribution is -2.62. The number of rotatable bonds is 14. The minimum Gasteiger partial charge on any atom is -0.459 e. The second-order valence-electron chi connectivity index (χ2n) is 23.8. The SMILES string of the molecule is CC[C@H]1OC(=O)[C@H](C)C([C@H]2C[C@@](C)(OC)[C@@H](O)[C@H](C)O2)[C@H](C)[C@@H](O[C@@H]2O[C@H](C)C[C@H](N(C)CCc3cn([C@H](CF)[C@H](O)c4ccc(C5=CCCN(C)C5)cc4)nn3)[C@H]2O)[C@](C)(O)C[C@@H](C)CN(C)[C@H](C)[C@@H](O)[C@]1(C)O. The highest BCUT2D eigenvalue weighted by Crippen LogP contribution is 2.45. The van der Waals surface area contributed by atoms with Crippen LogP contribution in [0.25, 0.3) is 5.57 Å². The highest BCUT2D eigenvalue weighted by atomic mass is 19.1. The molecule has 0 radical (unpaired) electrons. The number of methoxy groups -OCH3 is 1. The maximum Gasteiger partial charge on any atom is 0.309 e. The van der Waals surface area contributed by atoms with E-state index in [-0.39, 0.29) is 25.2 Å². The van der Waals surface area contributed by atoms with E-state index in [1.165, 1.54) is 24.3 Å². The maximum absolute atomic E-state index is 14.7. The van der Waals surface area contributed by atoms with Crippen LogP contribution in [0.2, 0.25) is 0 Å². The minimum atomic E-state index is -1.83. The molecule has 2 aromatic rings. The fourth-order valence-corrected chi connectivity index (χ4v) is 12.8. The van der Waals surface area contributed by atoms with Gasteiger partial charge in [-0.3, -0.25) is 4.79 Å². The Morgan fingerprint density at radius 1 is 0.987 bits per heavy atom. The van der Waals surface area contributed by atoms with Crippen LogP contribution in [0.5, 0.6) is 0 Å². The third-order valence-corrected chi connectivity index (χ3v) is 17.6. The van der Waals surface area contributed by atoms with E-state index >= 15 is 0 Å². The summed E-state index contributed by atoms with van der Waals surface area (Å²) < 4.78 is 48.3. The average molecular weight is 1060 g/mol. The van der Waals surface area contributed by atoms with Crippen molar-refractivity contribution in [3.05, 3.63) is 53.4 Å². The molecule has 0 bridgehead atoms. The predicted molar refractivity (Wildman–Crippen MR) is 282 cm³/mol. The molecule has 0 aliphatic carbocycles. The Morgan fingerprint density at radius 3 is 2.29 bits per heavy atom. The van der Waals surface area contributed by atoms with Gasteiger partial charge in [-0.15, -0.1) is 5.10 Å². The second-order valence-corrected chi connectivity index (χ2v) is 23.8. The number of alkyl halides is 1. The van der Waals surface area contributed by atoms with E-state index in [0.717, 1.165) is 25.1 Å². The molecule has 3 fully saturated rings. The van der Waals surface area contributed by atoms with Gasteiger partial charge in [0.05, 0.1) is 47.2 Å². The van der Waals surface area contributed by atoms with Crippen molar-refractivity contribution in [1.29, 1.82) is 0 Å². The zero-order chi connectivity index (χ0) is 55.5. The predicted octanol–water partition coefficient (Wildman–Crippen LogP) is 4.34. The van der Waals surface area contributed by atoms with Crippen LogP contribution in [0.15, 0.2) is 36.5 Å². The summed E-state index contributed by atoms with van der Waals surface area (Å²) in [6.45, 7) is 19.6. The number of halogens is 1. The van der Waals surface area contributed by atoms with Crippen molar-refractivity contribution >= 4 is 11.5 Å². The van der Waals surface area contributed by atoms with E-state index in [4.69, 9.17) is 23.7 Å². The highest BCUT2D eigenvalue weighted by Gasteiger charge is 2.55. The lowest BCUT2D eigenvalue weighted by molar-refractivity contribution is -0.302. The molecule has 6 rings (SSSR count). The smallest absolute Gasteiger partial charge is 0.309 e. The second kappa shape index (κ2) is 25.4. The Labute approximate surface area is 445 Å². The molecule has 0 amide bonds. The van der Waals surface area contributed by atoms with Crippen molar-refractivity contribution in [1.82, 2.24) is 29.7 Å². The van der Waals surface area contributed by atoms with Crippen LogP contribution in [0, 0.1) is 23.7 Å². The topological polar surface area (TPSA) is 225 Å². The molecule has 75 heavy (non-hydrogen) atoms. The first-order valence-corrected chi connectivity index (χ1v) is 27.4. The Bertz CT molecular complexity index is 2170. The molecule has 5 heterocycles. The number of hydrogen-bond donors (Lipinski definition) is 6. The Balaban J connectivity index is 1.25. The lowest BCUT2D eigenvalue weighted by atomic mass is 9.68. The number of likely N-dealkylation sites (N-methyl/N-ethyl adjacent to an activating group) is 3. The van der Waals surface area contributed by atoms with Crippen LogP contribution < -0.4 is 0 Å². The van der Waals surface area contributed by atoms with Crippen molar-refractivity contribution in [2.45, 2.75) is 204 Å².